The van der Waals surface area contributed by atoms with Crippen molar-refractivity contribution >= 4 is 17.2 Å². The first-order valence-electron chi connectivity index (χ1n) is 8.10. The smallest absolute Gasteiger partial charge is 0.244 e. The molecule has 2 saturated carbocycles. The fourth-order valence-electron chi connectivity index (χ4n) is 4.14. The highest BCUT2D eigenvalue weighted by atomic mass is 32.1. The minimum Gasteiger partial charge on any atom is -0.317 e. The number of nitrogens with zero attached hydrogens (tertiary/aromatic N) is 1. The van der Waals surface area contributed by atoms with E-state index in [9.17, 15) is 4.79 Å². The van der Waals surface area contributed by atoms with E-state index < -0.39 is 0 Å². The minimum atomic E-state index is -0.263. The second-order valence-corrected chi connectivity index (χ2v) is 9.02. The molecule has 21 heavy (non-hydrogen) atoms. The molecule has 0 aromatic carbocycles. The fraction of sp³-hybridized carbons (Fsp3) is 0.706. The number of carbonyl (C=O) groups excluding carboxylic acids is 1. The maximum atomic E-state index is 13.2. The molecule has 0 radical (unpaired) electrons. The van der Waals surface area contributed by atoms with E-state index in [-0.39, 0.29) is 17.1 Å². The highest BCUT2D eigenvalue weighted by Crippen LogP contribution is 2.54. The third-order valence-corrected chi connectivity index (χ3v) is 6.67. The number of aryl methyl sites for hydroxylation is 1. The Balaban J connectivity index is 1.71. The van der Waals surface area contributed by atoms with Gasteiger partial charge in [0.15, 0.2) is 0 Å². The van der Waals surface area contributed by atoms with Crippen molar-refractivity contribution in [3.63, 3.8) is 0 Å². The van der Waals surface area contributed by atoms with Crippen molar-refractivity contribution in [1.29, 1.82) is 0 Å². The summed E-state index contributed by atoms with van der Waals surface area (Å²) in [5.41, 5.74) is 0.0211. The molecule has 1 aliphatic heterocycles. The van der Waals surface area contributed by atoms with Crippen LogP contribution in [-0.2, 0) is 4.79 Å². The molecule has 3 fully saturated rings. The summed E-state index contributed by atoms with van der Waals surface area (Å²) in [5, 5.41) is 3.74. The lowest BCUT2D eigenvalue weighted by Gasteiger charge is -2.25. The number of amides is 1. The molecule has 2 aliphatic carbocycles. The van der Waals surface area contributed by atoms with Gasteiger partial charge < -0.3 is 4.90 Å². The largest absolute Gasteiger partial charge is 0.317 e. The van der Waals surface area contributed by atoms with Gasteiger partial charge in [0.05, 0.1) is 5.54 Å². The van der Waals surface area contributed by atoms with Crippen LogP contribution in [0.1, 0.15) is 61.9 Å². The zero-order chi connectivity index (χ0) is 14.8. The quantitative estimate of drug-likeness (QED) is 0.905. The molecule has 114 valence electrons. The summed E-state index contributed by atoms with van der Waals surface area (Å²) in [6.45, 7) is 6.70. The van der Waals surface area contributed by atoms with Gasteiger partial charge in [-0.2, -0.15) is 0 Å². The number of thiophene rings is 1. The Labute approximate surface area is 130 Å². The van der Waals surface area contributed by atoms with Crippen molar-refractivity contribution in [2.24, 2.45) is 5.41 Å². The Bertz CT molecular complexity index is 585. The van der Waals surface area contributed by atoms with Gasteiger partial charge in [-0.3, -0.25) is 10.1 Å². The van der Waals surface area contributed by atoms with E-state index in [1.54, 1.807) is 0 Å². The molecule has 2 heterocycles. The van der Waals surface area contributed by atoms with Gasteiger partial charge in [0, 0.05) is 15.8 Å². The van der Waals surface area contributed by atoms with E-state index in [1.807, 2.05) is 11.3 Å². The van der Waals surface area contributed by atoms with Crippen LogP contribution in [0.25, 0.3) is 0 Å². The van der Waals surface area contributed by atoms with E-state index in [0.29, 0.717) is 11.9 Å². The molecular formula is C17H24N2OS. The van der Waals surface area contributed by atoms with Gasteiger partial charge in [0.2, 0.25) is 5.91 Å². The number of hydrogen-bond donors (Lipinski definition) is 1. The Kier molecular flexibility index (Phi) is 2.84. The fourth-order valence-corrected chi connectivity index (χ4v) is 5.07. The van der Waals surface area contributed by atoms with Crippen molar-refractivity contribution in [2.45, 2.75) is 70.6 Å². The maximum absolute atomic E-state index is 13.2. The van der Waals surface area contributed by atoms with Crippen LogP contribution in [0, 0.1) is 12.3 Å². The Hall–Kier alpha value is -0.870. The van der Waals surface area contributed by atoms with Crippen LogP contribution in [0.3, 0.4) is 0 Å². The van der Waals surface area contributed by atoms with Crippen LogP contribution in [0.2, 0.25) is 0 Å². The molecule has 0 bridgehead atoms. The molecular weight excluding hydrogens is 280 g/mol. The number of nitrogens with one attached hydrogen (secondary N) is 1. The molecule has 4 rings (SSSR count). The molecule has 3 nitrogen and oxygen atoms in total. The SMILES string of the molecule is Cc1ccc(C2NC3(CCCC3)C(=O)N2C2CC2(C)C)s1. The third-order valence-electron chi connectivity index (χ3n) is 5.62. The van der Waals surface area contributed by atoms with Crippen molar-refractivity contribution in [3.05, 3.63) is 21.9 Å². The molecule has 1 saturated heterocycles. The molecule has 4 heteroatoms. The van der Waals surface area contributed by atoms with Crippen molar-refractivity contribution in [3.8, 4) is 0 Å². The summed E-state index contributed by atoms with van der Waals surface area (Å²) >= 11 is 1.82. The first kappa shape index (κ1) is 13.8. The van der Waals surface area contributed by atoms with Crippen molar-refractivity contribution < 1.29 is 4.79 Å². The maximum Gasteiger partial charge on any atom is 0.244 e. The summed E-state index contributed by atoms with van der Waals surface area (Å²) in [5.74, 6) is 0.367. The summed E-state index contributed by atoms with van der Waals surface area (Å²) in [7, 11) is 0. The summed E-state index contributed by atoms with van der Waals surface area (Å²) in [4.78, 5) is 18.0. The van der Waals surface area contributed by atoms with E-state index in [0.717, 1.165) is 19.3 Å². The van der Waals surface area contributed by atoms with Gasteiger partial charge in [-0.1, -0.05) is 26.7 Å². The highest BCUT2D eigenvalue weighted by Gasteiger charge is 2.61. The van der Waals surface area contributed by atoms with Gasteiger partial charge in [-0.05, 0) is 43.7 Å². The Morgan fingerprint density at radius 3 is 2.48 bits per heavy atom. The summed E-state index contributed by atoms with van der Waals surface area (Å²) < 4.78 is 0. The van der Waals surface area contributed by atoms with E-state index in [4.69, 9.17) is 0 Å². The van der Waals surface area contributed by atoms with Crippen LogP contribution < -0.4 is 5.32 Å². The highest BCUT2D eigenvalue weighted by molar-refractivity contribution is 7.12. The van der Waals surface area contributed by atoms with E-state index >= 15 is 0 Å². The number of rotatable bonds is 2. The average Bonchev–Trinajstić information content (AvgIpc) is 2.88. The Morgan fingerprint density at radius 1 is 1.29 bits per heavy atom. The standard InChI is InChI=1S/C17H24N2OS/c1-11-6-7-12(21-11)14-18-17(8-4-5-9-17)15(20)19(14)13-10-16(13,2)3/h6-7,13-14,18H,4-5,8-10H2,1-3H3. The lowest BCUT2D eigenvalue weighted by molar-refractivity contribution is -0.134. The van der Waals surface area contributed by atoms with Crippen molar-refractivity contribution in [2.75, 3.05) is 0 Å². The van der Waals surface area contributed by atoms with Gasteiger partial charge >= 0.3 is 0 Å². The summed E-state index contributed by atoms with van der Waals surface area (Å²) in [6.07, 6.45) is 5.61. The molecule has 1 spiro atoms. The zero-order valence-electron chi connectivity index (χ0n) is 13.1. The second kappa shape index (κ2) is 4.32. The second-order valence-electron chi connectivity index (χ2n) is 7.71. The molecule has 1 N–H and O–H groups in total. The first-order valence-corrected chi connectivity index (χ1v) is 8.91. The van der Waals surface area contributed by atoms with Gasteiger partial charge in [-0.15, -0.1) is 11.3 Å². The average molecular weight is 304 g/mol. The molecule has 2 unspecified atom stereocenters. The van der Waals surface area contributed by atoms with Crippen LogP contribution >= 0.6 is 11.3 Å². The van der Waals surface area contributed by atoms with Crippen LogP contribution in [-0.4, -0.2) is 22.4 Å². The third kappa shape index (κ3) is 1.99. The Morgan fingerprint density at radius 2 is 1.95 bits per heavy atom. The monoisotopic (exact) mass is 304 g/mol. The summed E-state index contributed by atoms with van der Waals surface area (Å²) in [6, 6.07) is 4.77. The molecule has 1 aromatic heterocycles. The predicted octanol–water partition coefficient (Wildman–Crippen LogP) is 3.60. The zero-order valence-corrected chi connectivity index (χ0v) is 13.9. The van der Waals surface area contributed by atoms with Crippen molar-refractivity contribution in [1.82, 2.24) is 10.2 Å². The predicted molar refractivity (Wildman–Crippen MR) is 85.2 cm³/mol. The van der Waals surface area contributed by atoms with E-state index in [2.05, 4.69) is 43.1 Å². The lowest BCUT2D eigenvalue weighted by Crippen LogP contribution is -2.44. The lowest BCUT2D eigenvalue weighted by atomic mass is 9.98. The number of hydrogen-bond acceptors (Lipinski definition) is 3. The normalized spacial score (nSPS) is 33.1. The minimum absolute atomic E-state index is 0.0982. The molecule has 1 aromatic rings. The van der Waals surface area contributed by atoms with Crippen LogP contribution in [0.5, 0.6) is 0 Å². The van der Waals surface area contributed by atoms with Crippen LogP contribution in [0.15, 0.2) is 12.1 Å². The molecule has 3 aliphatic rings. The van der Waals surface area contributed by atoms with E-state index in [1.165, 1.54) is 22.6 Å². The number of carbonyl (C=O) groups is 1. The molecule has 2 atom stereocenters. The molecule has 1 amide bonds. The van der Waals surface area contributed by atoms with Gasteiger partial charge in [-0.25, -0.2) is 0 Å². The van der Waals surface area contributed by atoms with Gasteiger partial charge in [0.25, 0.3) is 0 Å². The van der Waals surface area contributed by atoms with Gasteiger partial charge in [0.1, 0.15) is 6.17 Å². The topological polar surface area (TPSA) is 32.3 Å². The van der Waals surface area contributed by atoms with Crippen LogP contribution in [0.4, 0.5) is 0 Å². The first-order chi connectivity index (χ1) is 9.93.